The van der Waals surface area contributed by atoms with Crippen LogP contribution in [0.3, 0.4) is 0 Å². The summed E-state index contributed by atoms with van der Waals surface area (Å²) in [5, 5.41) is 12.2. The summed E-state index contributed by atoms with van der Waals surface area (Å²) in [6.45, 7) is 0. The first-order valence-electron chi connectivity index (χ1n) is 12.3. The largest absolute Gasteiger partial charge is 0.309 e. The zero-order valence-corrected chi connectivity index (χ0v) is 19.5. The molecule has 0 radical (unpaired) electrons. The molecule has 2 aliphatic rings. The Balaban J connectivity index is 1.21. The highest BCUT2D eigenvalue weighted by Gasteiger charge is 2.27. The molecule has 176 valence electrons. The van der Waals surface area contributed by atoms with Gasteiger partial charge in [0.05, 0.1) is 5.52 Å². The van der Waals surface area contributed by atoms with E-state index < -0.39 is 0 Å². The van der Waals surface area contributed by atoms with Crippen LogP contribution < -0.4 is 5.32 Å². The molecule has 0 unspecified atom stereocenters. The highest BCUT2D eigenvalue weighted by atomic mass is 16.1. The summed E-state index contributed by atoms with van der Waals surface area (Å²) in [5.74, 6) is 1.42. The molecule has 36 heavy (non-hydrogen) atoms. The highest BCUT2D eigenvalue weighted by Crippen LogP contribution is 2.40. The lowest BCUT2D eigenvalue weighted by Crippen LogP contribution is -2.15. The van der Waals surface area contributed by atoms with E-state index in [1.165, 1.54) is 12.8 Å². The summed E-state index contributed by atoms with van der Waals surface area (Å²) in [6.07, 6.45) is 8.31. The normalized spacial score (nSPS) is 15.2. The molecule has 1 aromatic carbocycles. The number of hydrogen-bond acceptors (Lipinski definition) is 6. The first-order valence-corrected chi connectivity index (χ1v) is 12.3. The van der Waals surface area contributed by atoms with Crippen LogP contribution in [0.1, 0.15) is 53.8 Å². The van der Waals surface area contributed by atoms with Gasteiger partial charge in [0.1, 0.15) is 23.5 Å². The van der Waals surface area contributed by atoms with Crippen molar-refractivity contribution < 1.29 is 4.79 Å². The van der Waals surface area contributed by atoms with Gasteiger partial charge >= 0.3 is 0 Å². The number of amides is 1. The number of nitrogens with one attached hydrogen (secondary N) is 1. The third-order valence-corrected chi connectivity index (χ3v) is 6.77. The van der Waals surface area contributed by atoms with E-state index in [-0.39, 0.29) is 5.91 Å². The number of carbonyl (C=O) groups excluding carboxylic acids is 1. The predicted molar refractivity (Wildman–Crippen MR) is 136 cm³/mol. The molecule has 8 nitrogen and oxygen atoms in total. The summed E-state index contributed by atoms with van der Waals surface area (Å²) >= 11 is 0. The van der Waals surface area contributed by atoms with Crippen molar-refractivity contribution in [2.45, 2.75) is 37.6 Å². The van der Waals surface area contributed by atoms with Crippen LogP contribution in [0.25, 0.3) is 33.5 Å². The predicted octanol–water partition coefficient (Wildman–Crippen LogP) is 5.41. The Morgan fingerprint density at radius 1 is 0.944 bits per heavy atom. The van der Waals surface area contributed by atoms with Crippen LogP contribution >= 0.6 is 0 Å². The Morgan fingerprint density at radius 2 is 1.83 bits per heavy atom. The van der Waals surface area contributed by atoms with Crippen LogP contribution in [0, 0.1) is 0 Å². The van der Waals surface area contributed by atoms with Gasteiger partial charge < -0.3 is 9.88 Å². The van der Waals surface area contributed by atoms with Gasteiger partial charge in [0.15, 0.2) is 5.82 Å². The van der Waals surface area contributed by atoms with Crippen LogP contribution in [0.2, 0.25) is 0 Å². The van der Waals surface area contributed by atoms with Crippen molar-refractivity contribution in [3.05, 3.63) is 84.6 Å². The van der Waals surface area contributed by atoms with Crippen LogP contribution in [-0.2, 0) is 0 Å². The molecule has 0 spiro atoms. The van der Waals surface area contributed by atoms with Crippen molar-refractivity contribution in [2.75, 3.05) is 5.32 Å². The maximum Gasteiger partial charge on any atom is 0.275 e. The van der Waals surface area contributed by atoms with Crippen molar-refractivity contribution in [2.24, 2.45) is 0 Å². The van der Waals surface area contributed by atoms with Crippen LogP contribution in [-0.4, -0.2) is 35.6 Å². The number of rotatable bonds is 6. The Kier molecular flexibility index (Phi) is 4.83. The summed E-state index contributed by atoms with van der Waals surface area (Å²) in [4.78, 5) is 27.3. The molecule has 0 bridgehead atoms. The number of hydrogen-bond donors (Lipinski definition) is 1. The lowest BCUT2D eigenvalue weighted by atomic mass is 10.0. The summed E-state index contributed by atoms with van der Waals surface area (Å²) in [6, 6.07) is 19.8. The second-order valence-electron chi connectivity index (χ2n) is 9.47. The molecule has 5 aromatic rings. The Hall–Kier alpha value is -4.46. The number of fused-ring (bicyclic) bond motifs is 1. The molecule has 4 aromatic heterocycles. The number of benzene rings is 1. The van der Waals surface area contributed by atoms with Crippen LogP contribution in [0.15, 0.2) is 73.2 Å². The second kappa shape index (κ2) is 8.34. The van der Waals surface area contributed by atoms with Gasteiger partial charge in [-0.15, -0.1) is 10.2 Å². The van der Waals surface area contributed by atoms with E-state index >= 15 is 0 Å². The number of carbonyl (C=O) groups is 1. The number of nitrogens with zero attached hydrogens (tertiary/aromatic N) is 6. The SMILES string of the molecule is O=C(Nc1cccc(-c2nncn2C2CC2)n1)c1cc(-c2ccc(C3CC3)nc2)c2ccccc2n1. The molecule has 2 fully saturated rings. The van der Waals surface area contributed by atoms with Gasteiger partial charge in [-0.3, -0.25) is 9.78 Å². The fourth-order valence-corrected chi connectivity index (χ4v) is 4.57. The molecule has 0 atom stereocenters. The zero-order chi connectivity index (χ0) is 24.1. The van der Waals surface area contributed by atoms with Crippen molar-refractivity contribution in [3.63, 3.8) is 0 Å². The third-order valence-electron chi connectivity index (χ3n) is 6.77. The summed E-state index contributed by atoms with van der Waals surface area (Å²) < 4.78 is 2.05. The first-order chi connectivity index (χ1) is 17.7. The number of anilines is 1. The molecule has 2 saturated carbocycles. The fraction of sp³-hybridized carbons (Fsp3) is 0.214. The Bertz CT molecular complexity index is 1600. The topological polar surface area (TPSA) is 98.5 Å². The fourth-order valence-electron chi connectivity index (χ4n) is 4.57. The summed E-state index contributed by atoms with van der Waals surface area (Å²) in [5.41, 5.74) is 4.78. The van der Waals surface area contributed by atoms with Gasteiger partial charge in [0.25, 0.3) is 5.91 Å². The summed E-state index contributed by atoms with van der Waals surface area (Å²) in [7, 11) is 0. The van der Waals surface area contributed by atoms with Crippen LogP contribution in [0.4, 0.5) is 5.82 Å². The molecule has 7 rings (SSSR count). The van der Waals surface area contributed by atoms with Crippen molar-refractivity contribution in [3.8, 4) is 22.6 Å². The van der Waals surface area contributed by atoms with Gasteiger partial charge in [-0.1, -0.05) is 30.3 Å². The van der Waals surface area contributed by atoms with Gasteiger partial charge in [0.2, 0.25) is 0 Å². The van der Waals surface area contributed by atoms with E-state index in [9.17, 15) is 4.79 Å². The molecule has 1 N–H and O–H groups in total. The molecular weight excluding hydrogens is 450 g/mol. The molecule has 0 aliphatic heterocycles. The smallest absolute Gasteiger partial charge is 0.275 e. The number of aromatic nitrogens is 6. The van der Waals surface area contributed by atoms with E-state index in [2.05, 4.69) is 42.6 Å². The van der Waals surface area contributed by atoms with Crippen LogP contribution in [0.5, 0.6) is 0 Å². The second-order valence-corrected chi connectivity index (χ2v) is 9.47. The average Bonchev–Trinajstić information content (AvgIpc) is 3.87. The third kappa shape index (κ3) is 3.90. The Labute approximate surface area is 207 Å². The van der Waals surface area contributed by atoms with Gasteiger partial charge in [-0.2, -0.15) is 0 Å². The molecule has 2 aliphatic carbocycles. The van der Waals surface area contributed by atoms with Gasteiger partial charge in [0, 0.05) is 34.8 Å². The van der Waals surface area contributed by atoms with E-state index in [0.29, 0.717) is 35.0 Å². The highest BCUT2D eigenvalue weighted by molar-refractivity contribution is 6.06. The average molecular weight is 474 g/mol. The molecule has 1 amide bonds. The quantitative estimate of drug-likeness (QED) is 0.354. The number of para-hydroxylation sites is 1. The Morgan fingerprint density at radius 3 is 2.64 bits per heavy atom. The molecule has 4 heterocycles. The van der Waals surface area contributed by atoms with Crippen molar-refractivity contribution >= 4 is 22.6 Å². The monoisotopic (exact) mass is 473 g/mol. The standard InChI is InChI=1S/C28H23N7O/c36-28(33-26-7-3-6-24(32-26)27-34-30-16-35(27)19-11-12-19)25-14-21(20-4-1-2-5-23(20)31-25)18-10-13-22(29-15-18)17-8-9-17/h1-7,10,13-17,19H,8-9,11-12H2,(H,32,33,36). The van der Waals surface area contributed by atoms with E-state index in [1.807, 2.05) is 53.2 Å². The minimum Gasteiger partial charge on any atom is -0.309 e. The maximum absolute atomic E-state index is 13.3. The zero-order valence-electron chi connectivity index (χ0n) is 19.5. The van der Waals surface area contributed by atoms with Gasteiger partial charge in [-0.25, -0.2) is 9.97 Å². The molecule has 0 saturated heterocycles. The first kappa shape index (κ1) is 20.9. The van der Waals surface area contributed by atoms with Crippen molar-refractivity contribution in [1.82, 2.24) is 29.7 Å². The van der Waals surface area contributed by atoms with Crippen molar-refractivity contribution in [1.29, 1.82) is 0 Å². The lowest BCUT2D eigenvalue weighted by Gasteiger charge is -2.11. The van der Waals surface area contributed by atoms with Gasteiger partial charge in [-0.05, 0) is 61.6 Å². The van der Waals surface area contributed by atoms with E-state index in [1.54, 1.807) is 12.4 Å². The molecule has 8 heteroatoms. The molecular formula is C28H23N7O. The maximum atomic E-state index is 13.3. The number of pyridine rings is 3. The lowest BCUT2D eigenvalue weighted by molar-refractivity contribution is 0.102. The van der Waals surface area contributed by atoms with E-state index in [0.717, 1.165) is 40.6 Å². The minimum absolute atomic E-state index is 0.321. The van der Waals surface area contributed by atoms with E-state index in [4.69, 9.17) is 0 Å². The minimum atomic E-state index is -0.321.